The number of aliphatic hydroxyl groups is 1. The number of phenolic OH excluding ortho intramolecular Hbond substituents is 1. The van der Waals surface area contributed by atoms with Crippen LogP contribution in [0.1, 0.15) is 43.2 Å². The van der Waals surface area contributed by atoms with Gasteiger partial charge in [-0.1, -0.05) is 43.7 Å². The second kappa shape index (κ2) is 9.05. The van der Waals surface area contributed by atoms with E-state index < -0.39 is 11.9 Å². The van der Waals surface area contributed by atoms with Crippen LogP contribution in [0, 0.1) is 5.92 Å². The molecule has 4 nitrogen and oxygen atoms in total. The summed E-state index contributed by atoms with van der Waals surface area (Å²) in [6.07, 6.45) is 3.46. The Bertz CT molecular complexity index is 757. The van der Waals surface area contributed by atoms with Crippen molar-refractivity contribution in [3.63, 3.8) is 0 Å². The molecule has 0 aromatic heterocycles. The predicted octanol–water partition coefficient (Wildman–Crippen LogP) is -0.380. The molecular weight excluding hydrogens is 339 g/mol. The summed E-state index contributed by atoms with van der Waals surface area (Å²) in [4.78, 5) is 11.4. The van der Waals surface area contributed by atoms with E-state index in [0.717, 1.165) is 42.4 Å². The van der Waals surface area contributed by atoms with Crippen molar-refractivity contribution in [2.24, 2.45) is 5.92 Å². The fraction of sp³-hybridized carbons (Fsp3) is 0.381. The number of aromatic hydroxyl groups is 1. The minimum atomic E-state index is -1.11. The monoisotopic (exact) mass is 362 g/mol. The summed E-state index contributed by atoms with van der Waals surface area (Å²) >= 11 is 0. The summed E-state index contributed by atoms with van der Waals surface area (Å²) in [5, 5.41) is 30.9. The van der Waals surface area contributed by atoms with Crippen LogP contribution in [0.4, 0.5) is 0 Å². The molecule has 0 radical (unpaired) electrons. The van der Waals surface area contributed by atoms with Gasteiger partial charge in [0.15, 0.2) is 0 Å². The maximum Gasteiger partial charge on any atom is 1.00 e. The summed E-state index contributed by atoms with van der Waals surface area (Å²) in [5.41, 5.74) is 3.47. The number of carbonyl (C=O) groups excluding carboxylic acids is 1. The van der Waals surface area contributed by atoms with Gasteiger partial charge >= 0.3 is 29.6 Å². The summed E-state index contributed by atoms with van der Waals surface area (Å²) in [5.74, 6) is -1.41. The average molecular weight is 362 g/mol. The predicted molar refractivity (Wildman–Crippen MR) is 94.0 cm³/mol. The molecule has 3 rings (SSSR count). The van der Waals surface area contributed by atoms with Gasteiger partial charge in [-0.25, -0.2) is 0 Å². The maximum absolute atomic E-state index is 11.4. The number of phenols is 1. The molecule has 1 aliphatic carbocycles. The minimum Gasteiger partial charge on any atom is -0.550 e. The van der Waals surface area contributed by atoms with Crippen LogP contribution in [-0.4, -0.2) is 22.3 Å². The summed E-state index contributed by atoms with van der Waals surface area (Å²) in [6, 6.07) is 12.6. The van der Waals surface area contributed by atoms with Crippen molar-refractivity contribution in [2.75, 3.05) is 0 Å². The third-order valence-electron chi connectivity index (χ3n) is 5.23. The Labute approximate surface area is 176 Å². The fourth-order valence-electron chi connectivity index (χ4n) is 3.68. The molecule has 3 atom stereocenters. The molecule has 2 aromatic carbocycles. The Morgan fingerprint density at radius 2 is 1.88 bits per heavy atom. The van der Waals surface area contributed by atoms with Gasteiger partial charge in [0.2, 0.25) is 0 Å². The van der Waals surface area contributed by atoms with Gasteiger partial charge in [-0.3, -0.25) is 0 Å². The van der Waals surface area contributed by atoms with Crippen LogP contribution >= 0.6 is 0 Å². The van der Waals surface area contributed by atoms with Gasteiger partial charge in [-0.05, 0) is 59.6 Å². The van der Waals surface area contributed by atoms with Crippen molar-refractivity contribution in [3.05, 3.63) is 53.6 Å². The standard InChI is InChI=1S/C21H24O4.Na/c1-13(21(24)25)18-10-5-14(11-16-3-2-4-20(16)23)12-19(18)15-6-8-17(22)9-7-15;/h5-10,12-13,16,20,22-23H,2-4,11H2,1H3,(H,24,25);/q;+1/p-1/t13?,16-,20-;/m1./s1. The van der Waals surface area contributed by atoms with Crippen molar-refractivity contribution in [3.8, 4) is 16.9 Å². The summed E-state index contributed by atoms with van der Waals surface area (Å²) in [6.45, 7) is 1.62. The molecule has 1 unspecified atom stereocenters. The molecule has 1 aliphatic rings. The molecule has 0 spiro atoms. The van der Waals surface area contributed by atoms with E-state index in [4.69, 9.17) is 0 Å². The van der Waals surface area contributed by atoms with Crippen molar-refractivity contribution in [1.29, 1.82) is 0 Å². The number of carboxylic acid groups (broad SMARTS) is 1. The average Bonchev–Trinajstić information content (AvgIpc) is 2.99. The third-order valence-corrected chi connectivity index (χ3v) is 5.23. The molecule has 26 heavy (non-hydrogen) atoms. The number of hydrogen-bond acceptors (Lipinski definition) is 4. The third kappa shape index (κ3) is 4.68. The molecule has 0 saturated heterocycles. The van der Waals surface area contributed by atoms with Crippen LogP contribution in [0.15, 0.2) is 42.5 Å². The summed E-state index contributed by atoms with van der Waals surface area (Å²) < 4.78 is 0. The molecule has 0 aliphatic heterocycles. The van der Waals surface area contributed by atoms with E-state index in [9.17, 15) is 20.1 Å². The van der Waals surface area contributed by atoms with Crippen molar-refractivity contribution >= 4 is 5.97 Å². The number of carbonyl (C=O) groups is 1. The van der Waals surface area contributed by atoms with Gasteiger partial charge in [0.1, 0.15) is 5.75 Å². The van der Waals surface area contributed by atoms with E-state index in [1.165, 1.54) is 0 Å². The Balaban J connectivity index is 0.00000243. The van der Waals surface area contributed by atoms with Gasteiger partial charge in [0.25, 0.3) is 0 Å². The zero-order valence-corrected chi connectivity index (χ0v) is 17.3. The number of carboxylic acids is 1. The molecule has 0 heterocycles. The van der Waals surface area contributed by atoms with Crippen LogP contribution in [0.2, 0.25) is 0 Å². The first-order valence-electron chi connectivity index (χ1n) is 8.77. The SMILES string of the molecule is CC(C(=O)[O-])c1ccc(C[C@H]2CCC[C@H]2O)cc1-c1ccc(O)cc1.[Na+]. The fourth-order valence-corrected chi connectivity index (χ4v) is 3.68. The van der Waals surface area contributed by atoms with E-state index in [2.05, 4.69) is 0 Å². The molecule has 0 bridgehead atoms. The molecule has 132 valence electrons. The van der Waals surface area contributed by atoms with Crippen LogP contribution in [0.5, 0.6) is 5.75 Å². The molecule has 5 heteroatoms. The number of benzene rings is 2. The minimum absolute atomic E-state index is 0. The molecule has 2 aromatic rings. The van der Waals surface area contributed by atoms with Gasteiger partial charge in [0.05, 0.1) is 6.10 Å². The van der Waals surface area contributed by atoms with Crippen LogP contribution in [0.25, 0.3) is 11.1 Å². The molecular formula is C21H23NaO4. The topological polar surface area (TPSA) is 80.6 Å². The van der Waals surface area contributed by atoms with Crippen LogP contribution in [-0.2, 0) is 11.2 Å². The van der Waals surface area contributed by atoms with Gasteiger partial charge in [0, 0.05) is 11.9 Å². The first kappa shape index (κ1) is 21.0. The van der Waals surface area contributed by atoms with Crippen molar-refractivity contribution < 1.29 is 49.7 Å². The smallest absolute Gasteiger partial charge is 0.550 e. The Hall–Kier alpha value is -1.33. The van der Waals surface area contributed by atoms with Crippen molar-refractivity contribution in [2.45, 2.75) is 44.6 Å². The van der Waals surface area contributed by atoms with Gasteiger partial charge in [-0.15, -0.1) is 0 Å². The van der Waals surface area contributed by atoms with Gasteiger partial charge in [-0.2, -0.15) is 0 Å². The van der Waals surface area contributed by atoms with E-state index in [1.54, 1.807) is 31.2 Å². The normalized spacial score (nSPS) is 20.4. The second-order valence-electron chi connectivity index (χ2n) is 6.97. The number of rotatable bonds is 5. The zero-order chi connectivity index (χ0) is 18.0. The summed E-state index contributed by atoms with van der Waals surface area (Å²) in [7, 11) is 0. The Kier molecular flexibility index (Phi) is 7.30. The second-order valence-corrected chi connectivity index (χ2v) is 6.97. The quantitative estimate of drug-likeness (QED) is 0.711. The van der Waals surface area contributed by atoms with Gasteiger partial charge < -0.3 is 20.1 Å². The molecule has 2 N–H and O–H groups in total. The number of hydrogen-bond donors (Lipinski definition) is 2. The first-order chi connectivity index (χ1) is 12.0. The van der Waals surface area contributed by atoms with Crippen LogP contribution < -0.4 is 34.7 Å². The zero-order valence-electron chi connectivity index (χ0n) is 15.3. The Morgan fingerprint density at radius 3 is 2.46 bits per heavy atom. The number of aliphatic hydroxyl groups excluding tert-OH is 1. The molecule has 1 saturated carbocycles. The van der Waals surface area contributed by atoms with E-state index in [-0.39, 0.29) is 47.3 Å². The largest absolute Gasteiger partial charge is 1.00 e. The number of aliphatic carboxylic acids is 1. The maximum atomic E-state index is 11.4. The molecule has 0 amide bonds. The van der Waals surface area contributed by atoms with E-state index >= 15 is 0 Å². The van der Waals surface area contributed by atoms with E-state index in [1.807, 2.05) is 18.2 Å². The molecule has 1 fully saturated rings. The van der Waals surface area contributed by atoms with Crippen LogP contribution in [0.3, 0.4) is 0 Å². The Morgan fingerprint density at radius 1 is 1.19 bits per heavy atom. The van der Waals surface area contributed by atoms with E-state index in [0.29, 0.717) is 5.56 Å². The van der Waals surface area contributed by atoms with Crippen molar-refractivity contribution in [1.82, 2.24) is 0 Å². The first-order valence-corrected chi connectivity index (χ1v) is 8.77.